The Morgan fingerprint density at radius 3 is 1.93 bits per heavy atom. The molecule has 0 aromatic heterocycles. The van der Waals surface area contributed by atoms with Crippen molar-refractivity contribution in [3.63, 3.8) is 0 Å². The van der Waals surface area contributed by atoms with Crippen LogP contribution in [-0.4, -0.2) is 57.1 Å². The molecule has 0 aliphatic carbocycles. The van der Waals surface area contributed by atoms with Gasteiger partial charge in [-0.25, -0.2) is 0 Å². The molecule has 0 spiro atoms. The first kappa shape index (κ1) is 19.8. The van der Waals surface area contributed by atoms with E-state index in [1.165, 1.54) is 30.6 Å². The normalized spacial score (nSPS) is 18.0. The number of carbonyl (C=O) groups excluding carboxylic acids is 1. The lowest BCUT2D eigenvalue weighted by Gasteiger charge is -2.34. The van der Waals surface area contributed by atoms with Crippen molar-refractivity contribution in [3.05, 3.63) is 54.1 Å². The van der Waals surface area contributed by atoms with E-state index >= 15 is 0 Å². The molecule has 0 atom stereocenters. The number of nitrogens with one attached hydrogen (secondary N) is 1. The maximum absolute atomic E-state index is 12.5. The Kier molecular flexibility index (Phi) is 6.35. The van der Waals surface area contributed by atoms with Crippen LogP contribution in [0.4, 0.5) is 17.1 Å². The Morgan fingerprint density at radius 1 is 0.759 bits per heavy atom. The van der Waals surface area contributed by atoms with Crippen molar-refractivity contribution in [1.29, 1.82) is 0 Å². The van der Waals surface area contributed by atoms with E-state index in [1.54, 1.807) is 0 Å². The van der Waals surface area contributed by atoms with Crippen molar-refractivity contribution in [2.75, 3.05) is 61.4 Å². The summed E-state index contributed by atoms with van der Waals surface area (Å²) in [4.78, 5) is 19.6. The molecule has 0 radical (unpaired) electrons. The van der Waals surface area contributed by atoms with Gasteiger partial charge in [-0.1, -0.05) is 12.1 Å². The smallest absolute Gasteiger partial charge is 0.228 e. The van der Waals surface area contributed by atoms with Crippen molar-refractivity contribution in [2.24, 2.45) is 0 Å². The fraction of sp³-hybridized carbons (Fsp3) is 0.458. The van der Waals surface area contributed by atoms with E-state index in [2.05, 4.69) is 63.5 Å². The van der Waals surface area contributed by atoms with Crippen molar-refractivity contribution in [3.8, 4) is 0 Å². The zero-order chi connectivity index (χ0) is 20.1. The van der Waals surface area contributed by atoms with Crippen LogP contribution in [0.25, 0.3) is 0 Å². The van der Waals surface area contributed by atoms with Gasteiger partial charge in [-0.05, 0) is 68.3 Å². The van der Waals surface area contributed by atoms with Crippen LogP contribution in [0, 0.1) is 0 Å². The molecule has 0 bridgehead atoms. The third-order valence-electron chi connectivity index (χ3n) is 6.04. The van der Waals surface area contributed by atoms with E-state index < -0.39 is 0 Å². The summed E-state index contributed by atoms with van der Waals surface area (Å²) in [5.41, 5.74) is 4.41. The lowest BCUT2D eigenvalue weighted by Crippen LogP contribution is -2.44. The third-order valence-corrected chi connectivity index (χ3v) is 6.04. The molecule has 0 unspecified atom stereocenters. The highest BCUT2D eigenvalue weighted by Gasteiger charge is 2.14. The highest BCUT2D eigenvalue weighted by molar-refractivity contribution is 5.92. The number of nitrogens with zero attached hydrogens (tertiary/aromatic N) is 3. The predicted octanol–water partition coefficient (Wildman–Crippen LogP) is 3.61. The number of benzene rings is 2. The minimum absolute atomic E-state index is 0.0306. The SMILES string of the molecule is CN1CCN(c2ccc(NC(=O)Cc3ccc(N4CCCCC4)cc3)cc2)CC1. The van der Waals surface area contributed by atoms with Crippen LogP contribution >= 0.6 is 0 Å². The minimum atomic E-state index is 0.0306. The molecule has 1 N–H and O–H groups in total. The maximum atomic E-state index is 12.5. The molecule has 154 valence electrons. The summed E-state index contributed by atoms with van der Waals surface area (Å²) in [5.74, 6) is 0.0306. The van der Waals surface area contributed by atoms with Gasteiger partial charge >= 0.3 is 0 Å². The Balaban J connectivity index is 1.29. The summed E-state index contributed by atoms with van der Waals surface area (Å²) in [6.07, 6.45) is 4.29. The molecule has 4 rings (SSSR count). The number of carbonyl (C=O) groups is 1. The summed E-state index contributed by atoms with van der Waals surface area (Å²) in [6, 6.07) is 16.7. The zero-order valence-electron chi connectivity index (χ0n) is 17.4. The molecule has 5 heteroatoms. The van der Waals surface area contributed by atoms with Crippen molar-refractivity contribution in [2.45, 2.75) is 25.7 Å². The second kappa shape index (κ2) is 9.31. The number of piperidine rings is 1. The van der Waals surface area contributed by atoms with Gasteiger partial charge in [0.1, 0.15) is 0 Å². The second-order valence-corrected chi connectivity index (χ2v) is 8.28. The number of rotatable bonds is 5. The Bertz CT molecular complexity index is 789. The van der Waals surface area contributed by atoms with Crippen molar-refractivity contribution >= 4 is 23.0 Å². The molecule has 29 heavy (non-hydrogen) atoms. The van der Waals surface area contributed by atoms with Gasteiger partial charge in [0.2, 0.25) is 5.91 Å². The fourth-order valence-electron chi connectivity index (χ4n) is 4.19. The van der Waals surface area contributed by atoms with Gasteiger partial charge in [-0.15, -0.1) is 0 Å². The van der Waals surface area contributed by atoms with Gasteiger partial charge in [0.15, 0.2) is 0 Å². The fourth-order valence-corrected chi connectivity index (χ4v) is 4.19. The molecule has 2 saturated heterocycles. The minimum Gasteiger partial charge on any atom is -0.372 e. The molecule has 2 aliphatic rings. The first-order valence-corrected chi connectivity index (χ1v) is 10.8. The number of hydrogen-bond acceptors (Lipinski definition) is 4. The lowest BCUT2D eigenvalue weighted by atomic mass is 10.1. The highest BCUT2D eigenvalue weighted by atomic mass is 16.1. The number of anilines is 3. The second-order valence-electron chi connectivity index (χ2n) is 8.28. The lowest BCUT2D eigenvalue weighted by molar-refractivity contribution is -0.115. The molecule has 0 saturated carbocycles. The first-order valence-electron chi connectivity index (χ1n) is 10.8. The zero-order valence-corrected chi connectivity index (χ0v) is 17.4. The Morgan fingerprint density at radius 2 is 1.31 bits per heavy atom. The van der Waals surface area contributed by atoms with Crippen LogP contribution in [0.3, 0.4) is 0 Å². The molecule has 2 aliphatic heterocycles. The monoisotopic (exact) mass is 392 g/mol. The molecule has 2 aromatic rings. The van der Waals surface area contributed by atoms with Gasteiger partial charge in [-0.2, -0.15) is 0 Å². The van der Waals surface area contributed by atoms with Crippen LogP contribution in [0.2, 0.25) is 0 Å². The quantitative estimate of drug-likeness (QED) is 0.844. The van der Waals surface area contributed by atoms with Gasteiger partial charge < -0.3 is 20.0 Å². The van der Waals surface area contributed by atoms with Crippen LogP contribution < -0.4 is 15.1 Å². The Hall–Kier alpha value is -2.53. The van der Waals surface area contributed by atoms with Gasteiger partial charge in [0.25, 0.3) is 0 Å². The summed E-state index contributed by atoms with van der Waals surface area (Å²) >= 11 is 0. The molecule has 2 fully saturated rings. The number of hydrogen-bond donors (Lipinski definition) is 1. The molecule has 2 heterocycles. The molecule has 1 amide bonds. The van der Waals surface area contributed by atoms with Crippen LogP contribution in [0.1, 0.15) is 24.8 Å². The summed E-state index contributed by atoms with van der Waals surface area (Å²) in [7, 11) is 2.16. The molecule has 5 nitrogen and oxygen atoms in total. The van der Waals surface area contributed by atoms with Crippen molar-refractivity contribution in [1.82, 2.24) is 4.90 Å². The summed E-state index contributed by atoms with van der Waals surface area (Å²) < 4.78 is 0. The highest BCUT2D eigenvalue weighted by Crippen LogP contribution is 2.21. The van der Waals surface area contributed by atoms with Crippen LogP contribution in [0.5, 0.6) is 0 Å². The summed E-state index contributed by atoms with van der Waals surface area (Å²) in [5, 5.41) is 3.03. The molecular formula is C24H32N4O. The van der Waals surface area contributed by atoms with Crippen molar-refractivity contribution < 1.29 is 4.79 Å². The van der Waals surface area contributed by atoms with Gasteiger partial charge in [0.05, 0.1) is 6.42 Å². The number of piperazine rings is 1. The molecule has 2 aromatic carbocycles. The maximum Gasteiger partial charge on any atom is 0.228 e. The Labute approximate surface area is 174 Å². The van der Waals surface area contributed by atoms with E-state index in [-0.39, 0.29) is 5.91 Å². The standard InChI is InChI=1S/C24H32N4O/c1-26-15-17-28(18-16-26)23-11-7-21(8-12-23)25-24(29)19-20-5-9-22(10-6-20)27-13-3-2-4-14-27/h5-12H,2-4,13-19H2,1H3,(H,25,29). The third kappa shape index (κ3) is 5.30. The van der Waals surface area contributed by atoms with Gasteiger partial charge in [0, 0.05) is 56.3 Å². The van der Waals surface area contributed by atoms with Crippen LogP contribution in [0.15, 0.2) is 48.5 Å². The number of amides is 1. The largest absolute Gasteiger partial charge is 0.372 e. The molecular weight excluding hydrogens is 360 g/mol. The van der Waals surface area contributed by atoms with Crippen LogP contribution in [-0.2, 0) is 11.2 Å². The van der Waals surface area contributed by atoms with E-state index in [0.29, 0.717) is 6.42 Å². The average molecular weight is 393 g/mol. The van der Waals surface area contributed by atoms with E-state index in [4.69, 9.17) is 0 Å². The van der Waals surface area contributed by atoms with E-state index in [0.717, 1.165) is 50.5 Å². The average Bonchev–Trinajstić information content (AvgIpc) is 2.76. The van der Waals surface area contributed by atoms with E-state index in [9.17, 15) is 4.79 Å². The predicted molar refractivity (Wildman–Crippen MR) is 121 cm³/mol. The van der Waals surface area contributed by atoms with E-state index in [1.807, 2.05) is 12.1 Å². The van der Waals surface area contributed by atoms with Gasteiger partial charge in [-0.3, -0.25) is 4.79 Å². The topological polar surface area (TPSA) is 38.8 Å². The summed E-state index contributed by atoms with van der Waals surface area (Å²) in [6.45, 7) is 6.57. The first-order chi connectivity index (χ1) is 14.2. The number of likely N-dealkylation sites (N-methyl/N-ethyl adjacent to an activating group) is 1.